The van der Waals surface area contributed by atoms with Crippen molar-refractivity contribution in [3.8, 4) is 0 Å². The van der Waals surface area contributed by atoms with Crippen molar-refractivity contribution >= 4 is 5.91 Å². The monoisotopic (exact) mass is 247 g/mol. The summed E-state index contributed by atoms with van der Waals surface area (Å²) in [6.45, 7) is 5.54. The van der Waals surface area contributed by atoms with Crippen molar-refractivity contribution in [3.63, 3.8) is 0 Å². The first-order valence-corrected chi connectivity index (χ1v) is 6.58. The molecule has 18 heavy (non-hydrogen) atoms. The Labute approximate surface area is 108 Å². The topological polar surface area (TPSA) is 45.2 Å². The van der Waals surface area contributed by atoms with Crippen molar-refractivity contribution < 1.29 is 4.79 Å². The van der Waals surface area contributed by atoms with Crippen LogP contribution in [0.2, 0.25) is 0 Å². The number of carbonyl (C=O) groups is 1. The summed E-state index contributed by atoms with van der Waals surface area (Å²) in [5.74, 6) is -0.119. The smallest absolute Gasteiger partial charge is 0.269 e. The van der Waals surface area contributed by atoms with Crippen LogP contribution in [0.5, 0.6) is 0 Å². The summed E-state index contributed by atoms with van der Waals surface area (Å²) in [6, 6.07) is 6.58. The summed E-state index contributed by atoms with van der Waals surface area (Å²) in [5, 5.41) is 2.62. The minimum absolute atomic E-state index is 0.119. The Balaban J connectivity index is 2.25. The van der Waals surface area contributed by atoms with Gasteiger partial charge in [-0.2, -0.15) is 0 Å². The van der Waals surface area contributed by atoms with Gasteiger partial charge in [0.05, 0.1) is 11.7 Å². The third-order valence-corrected chi connectivity index (χ3v) is 3.53. The molecule has 0 aromatic carbocycles. The minimum atomic E-state index is -0.119. The van der Waals surface area contributed by atoms with Gasteiger partial charge >= 0.3 is 0 Å². The van der Waals surface area contributed by atoms with Gasteiger partial charge in [-0.25, -0.2) is 4.98 Å². The van der Waals surface area contributed by atoms with Gasteiger partial charge in [0.1, 0.15) is 5.69 Å². The Morgan fingerprint density at radius 3 is 2.94 bits per heavy atom. The summed E-state index contributed by atoms with van der Waals surface area (Å²) in [7, 11) is 1.63. The first-order valence-electron chi connectivity index (χ1n) is 6.58. The van der Waals surface area contributed by atoms with E-state index in [1.807, 2.05) is 12.1 Å². The number of likely N-dealkylation sites (tertiary alicyclic amines) is 1. The summed E-state index contributed by atoms with van der Waals surface area (Å²) in [5.41, 5.74) is 1.52. The van der Waals surface area contributed by atoms with E-state index in [9.17, 15) is 4.79 Å². The lowest BCUT2D eigenvalue weighted by atomic mass is 10.1. The molecule has 0 bridgehead atoms. The van der Waals surface area contributed by atoms with Gasteiger partial charge in [0, 0.05) is 13.1 Å². The van der Waals surface area contributed by atoms with Gasteiger partial charge in [-0.1, -0.05) is 6.07 Å². The third kappa shape index (κ3) is 2.53. The molecule has 4 nitrogen and oxygen atoms in total. The molecule has 2 rings (SSSR count). The van der Waals surface area contributed by atoms with Gasteiger partial charge in [-0.15, -0.1) is 0 Å². The lowest BCUT2D eigenvalue weighted by Crippen LogP contribution is -2.31. The van der Waals surface area contributed by atoms with Crippen LogP contribution in [0.25, 0.3) is 0 Å². The highest BCUT2D eigenvalue weighted by molar-refractivity contribution is 5.91. The maximum atomic E-state index is 11.6. The van der Waals surface area contributed by atoms with Crippen molar-refractivity contribution in [1.29, 1.82) is 0 Å². The van der Waals surface area contributed by atoms with Gasteiger partial charge in [-0.05, 0) is 45.4 Å². The molecule has 1 saturated heterocycles. The Bertz CT molecular complexity index is 431. The lowest BCUT2D eigenvalue weighted by molar-refractivity contribution is 0.0957. The molecule has 0 spiro atoms. The Kier molecular flexibility index (Phi) is 3.97. The molecule has 1 amide bonds. The number of hydrogen-bond acceptors (Lipinski definition) is 3. The largest absolute Gasteiger partial charge is 0.354 e. The molecule has 0 unspecified atom stereocenters. The SMILES string of the molecule is CNC(=O)c1cccc([C@H]2CCCN2C(C)C)n1. The van der Waals surface area contributed by atoms with Crippen LogP contribution in [-0.4, -0.2) is 35.4 Å². The van der Waals surface area contributed by atoms with E-state index in [1.165, 1.54) is 6.42 Å². The van der Waals surface area contributed by atoms with E-state index in [0.717, 1.165) is 18.7 Å². The zero-order valence-corrected chi connectivity index (χ0v) is 11.3. The second-order valence-electron chi connectivity index (χ2n) is 5.02. The van der Waals surface area contributed by atoms with E-state index in [1.54, 1.807) is 13.1 Å². The highest BCUT2D eigenvalue weighted by Crippen LogP contribution is 2.32. The number of carbonyl (C=O) groups excluding carboxylic acids is 1. The van der Waals surface area contributed by atoms with Gasteiger partial charge < -0.3 is 5.32 Å². The second-order valence-corrected chi connectivity index (χ2v) is 5.02. The molecule has 1 aliphatic heterocycles. The van der Waals surface area contributed by atoms with E-state index in [-0.39, 0.29) is 5.91 Å². The van der Waals surface area contributed by atoms with Crippen LogP contribution in [0.15, 0.2) is 18.2 Å². The first kappa shape index (κ1) is 13.0. The molecule has 2 heterocycles. The van der Waals surface area contributed by atoms with E-state index >= 15 is 0 Å². The van der Waals surface area contributed by atoms with Crippen LogP contribution < -0.4 is 5.32 Å². The number of nitrogens with one attached hydrogen (secondary N) is 1. The van der Waals surface area contributed by atoms with Crippen LogP contribution in [0.1, 0.15) is 48.9 Å². The number of amides is 1. The number of pyridine rings is 1. The molecule has 0 saturated carbocycles. The fourth-order valence-corrected chi connectivity index (χ4v) is 2.62. The van der Waals surface area contributed by atoms with Crippen LogP contribution in [-0.2, 0) is 0 Å². The number of rotatable bonds is 3. The van der Waals surface area contributed by atoms with Crippen LogP contribution in [0, 0.1) is 0 Å². The first-order chi connectivity index (χ1) is 8.63. The molecule has 1 fully saturated rings. The number of aromatic nitrogens is 1. The van der Waals surface area contributed by atoms with E-state index in [2.05, 4.69) is 29.0 Å². The Morgan fingerprint density at radius 2 is 2.28 bits per heavy atom. The Hall–Kier alpha value is -1.42. The highest BCUT2D eigenvalue weighted by Gasteiger charge is 2.29. The van der Waals surface area contributed by atoms with E-state index < -0.39 is 0 Å². The summed E-state index contributed by atoms with van der Waals surface area (Å²) in [4.78, 5) is 18.6. The molecule has 98 valence electrons. The molecule has 0 aliphatic carbocycles. The van der Waals surface area contributed by atoms with Gasteiger partial charge in [0.15, 0.2) is 0 Å². The van der Waals surface area contributed by atoms with Crippen LogP contribution in [0.3, 0.4) is 0 Å². The van der Waals surface area contributed by atoms with Crippen molar-refractivity contribution in [2.45, 2.75) is 38.8 Å². The second kappa shape index (κ2) is 5.48. The minimum Gasteiger partial charge on any atom is -0.354 e. The predicted octanol–water partition coefficient (Wildman–Crippen LogP) is 1.99. The van der Waals surface area contributed by atoms with Crippen molar-refractivity contribution in [2.75, 3.05) is 13.6 Å². The van der Waals surface area contributed by atoms with Gasteiger partial charge in [-0.3, -0.25) is 9.69 Å². The quantitative estimate of drug-likeness (QED) is 0.888. The predicted molar refractivity (Wildman–Crippen MR) is 71.4 cm³/mol. The van der Waals surface area contributed by atoms with Gasteiger partial charge in [0.25, 0.3) is 5.91 Å². The van der Waals surface area contributed by atoms with Crippen LogP contribution >= 0.6 is 0 Å². The molecule has 1 atom stereocenters. The zero-order valence-electron chi connectivity index (χ0n) is 11.3. The maximum Gasteiger partial charge on any atom is 0.269 e. The van der Waals surface area contributed by atoms with Crippen molar-refractivity contribution in [1.82, 2.24) is 15.2 Å². The molecular weight excluding hydrogens is 226 g/mol. The Morgan fingerprint density at radius 1 is 1.50 bits per heavy atom. The van der Waals surface area contributed by atoms with Gasteiger partial charge in [0.2, 0.25) is 0 Å². The maximum absolute atomic E-state index is 11.6. The summed E-state index contributed by atoms with van der Waals surface area (Å²) in [6.07, 6.45) is 2.33. The fraction of sp³-hybridized carbons (Fsp3) is 0.571. The summed E-state index contributed by atoms with van der Waals surface area (Å²) >= 11 is 0. The molecule has 1 aromatic rings. The normalized spacial score (nSPS) is 20.3. The molecule has 1 aromatic heterocycles. The molecule has 1 aliphatic rings. The van der Waals surface area contributed by atoms with Crippen molar-refractivity contribution in [3.05, 3.63) is 29.6 Å². The van der Waals surface area contributed by atoms with E-state index in [0.29, 0.717) is 17.8 Å². The molecule has 0 radical (unpaired) electrons. The van der Waals surface area contributed by atoms with Crippen LogP contribution in [0.4, 0.5) is 0 Å². The summed E-state index contributed by atoms with van der Waals surface area (Å²) < 4.78 is 0. The molecular formula is C14H21N3O. The number of hydrogen-bond donors (Lipinski definition) is 1. The third-order valence-electron chi connectivity index (χ3n) is 3.53. The number of nitrogens with zero attached hydrogens (tertiary/aromatic N) is 2. The lowest BCUT2D eigenvalue weighted by Gasteiger charge is -2.27. The standard InChI is InChI=1S/C14H21N3O/c1-10(2)17-9-5-8-13(17)11-6-4-7-12(16-11)14(18)15-3/h4,6-7,10,13H,5,8-9H2,1-3H3,(H,15,18)/t13-/m1/s1. The van der Waals surface area contributed by atoms with Crippen molar-refractivity contribution in [2.24, 2.45) is 0 Å². The zero-order chi connectivity index (χ0) is 13.1. The van der Waals surface area contributed by atoms with E-state index in [4.69, 9.17) is 0 Å². The molecule has 4 heteroatoms. The molecule has 1 N–H and O–H groups in total. The average molecular weight is 247 g/mol. The highest BCUT2D eigenvalue weighted by atomic mass is 16.1. The fourth-order valence-electron chi connectivity index (χ4n) is 2.62. The average Bonchev–Trinajstić information content (AvgIpc) is 2.87.